The van der Waals surface area contributed by atoms with Crippen LogP contribution in [0.2, 0.25) is 0 Å². The molecule has 7 nitrogen and oxygen atoms in total. The summed E-state index contributed by atoms with van der Waals surface area (Å²) in [4.78, 5) is 22.4. The van der Waals surface area contributed by atoms with Crippen LogP contribution in [0.3, 0.4) is 0 Å². The Morgan fingerprint density at radius 3 is 3.08 bits per heavy atom. The fourth-order valence-electron chi connectivity index (χ4n) is 3.25. The molecule has 0 aliphatic carbocycles. The van der Waals surface area contributed by atoms with Crippen LogP contribution >= 0.6 is 0 Å². The zero-order valence-corrected chi connectivity index (χ0v) is 14.7. The van der Waals surface area contributed by atoms with E-state index in [0.29, 0.717) is 24.0 Å². The van der Waals surface area contributed by atoms with Gasteiger partial charge in [-0.3, -0.25) is 9.88 Å². The number of carbonyl (C=O) groups is 1. The molecule has 1 fully saturated rings. The minimum atomic E-state index is -0.938. The first kappa shape index (κ1) is 17.5. The summed E-state index contributed by atoms with van der Waals surface area (Å²) in [5.41, 5.74) is 0.864. The van der Waals surface area contributed by atoms with Crippen molar-refractivity contribution >= 4 is 5.97 Å². The molecule has 1 aliphatic heterocycles. The van der Waals surface area contributed by atoms with Crippen molar-refractivity contribution in [3.8, 4) is 0 Å². The van der Waals surface area contributed by atoms with E-state index in [4.69, 9.17) is 4.52 Å². The van der Waals surface area contributed by atoms with E-state index in [1.165, 1.54) is 0 Å². The lowest BCUT2D eigenvalue weighted by atomic mass is 9.97. The first-order valence-corrected chi connectivity index (χ1v) is 8.75. The Morgan fingerprint density at radius 2 is 2.32 bits per heavy atom. The summed E-state index contributed by atoms with van der Waals surface area (Å²) in [5, 5.41) is 13.4. The normalized spacial score (nSPS) is 18.6. The Kier molecular flexibility index (Phi) is 5.43. The van der Waals surface area contributed by atoms with Crippen molar-refractivity contribution in [2.24, 2.45) is 5.92 Å². The highest BCUT2D eigenvalue weighted by Crippen LogP contribution is 2.27. The maximum atomic E-state index is 11.3. The Balaban J connectivity index is 1.67. The van der Waals surface area contributed by atoms with Gasteiger partial charge in [-0.25, -0.2) is 4.79 Å². The van der Waals surface area contributed by atoms with E-state index in [1.807, 2.05) is 0 Å². The molecule has 0 aromatic carbocycles. The monoisotopic (exact) mass is 344 g/mol. The number of hydrogen-bond donors (Lipinski definition) is 1. The molecule has 0 saturated carbocycles. The van der Waals surface area contributed by atoms with Crippen LogP contribution in [-0.2, 0) is 13.0 Å². The number of nitrogens with zero attached hydrogens (tertiary/aromatic N) is 4. The van der Waals surface area contributed by atoms with E-state index in [0.717, 1.165) is 38.2 Å². The summed E-state index contributed by atoms with van der Waals surface area (Å²) in [7, 11) is 0. The molecule has 0 spiro atoms. The summed E-state index contributed by atoms with van der Waals surface area (Å²) in [6.45, 7) is 6.47. The second-order valence-corrected chi connectivity index (χ2v) is 7.02. The quantitative estimate of drug-likeness (QED) is 0.861. The van der Waals surface area contributed by atoms with Gasteiger partial charge in [-0.2, -0.15) is 4.98 Å². The van der Waals surface area contributed by atoms with Gasteiger partial charge in [-0.15, -0.1) is 0 Å². The molecule has 1 saturated heterocycles. The minimum absolute atomic E-state index is 0.194. The number of pyridine rings is 1. The molecule has 25 heavy (non-hydrogen) atoms. The Morgan fingerprint density at radius 1 is 1.48 bits per heavy atom. The van der Waals surface area contributed by atoms with Crippen LogP contribution in [0.25, 0.3) is 0 Å². The van der Waals surface area contributed by atoms with Gasteiger partial charge in [0, 0.05) is 25.7 Å². The molecule has 7 heteroatoms. The van der Waals surface area contributed by atoms with Gasteiger partial charge in [-0.05, 0) is 37.4 Å². The number of aromatic carboxylic acids is 1. The van der Waals surface area contributed by atoms with Gasteiger partial charge >= 0.3 is 5.97 Å². The standard InChI is InChI=1S/C18H24N4O3/c1-12(2)9-16-20-17(25-21-16)13-5-4-8-22(10-13)11-15-14(18(23)24)6-3-7-19-15/h3,6-7,12-13H,4-5,8-11H2,1-2H3,(H,23,24)/t13-/m0/s1. The van der Waals surface area contributed by atoms with Crippen LogP contribution < -0.4 is 0 Å². The van der Waals surface area contributed by atoms with Crippen molar-refractivity contribution in [3.05, 3.63) is 41.3 Å². The van der Waals surface area contributed by atoms with E-state index >= 15 is 0 Å². The van der Waals surface area contributed by atoms with E-state index in [2.05, 4.69) is 33.9 Å². The van der Waals surface area contributed by atoms with Crippen LogP contribution in [0, 0.1) is 5.92 Å². The molecule has 0 unspecified atom stereocenters. The van der Waals surface area contributed by atoms with Gasteiger partial charge in [0.15, 0.2) is 5.82 Å². The maximum absolute atomic E-state index is 11.3. The van der Waals surface area contributed by atoms with Crippen molar-refractivity contribution < 1.29 is 14.4 Å². The highest BCUT2D eigenvalue weighted by atomic mass is 16.5. The molecule has 2 aromatic rings. The van der Waals surface area contributed by atoms with E-state index in [1.54, 1.807) is 18.3 Å². The summed E-state index contributed by atoms with van der Waals surface area (Å²) >= 11 is 0. The fraction of sp³-hybridized carbons (Fsp3) is 0.556. The maximum Gasteiger partial charge on any atom is 0.337 e. The minimum Gasteiger partial charge on any atom is -0.478 e. The first-order valence-electron chi connectivity index (χ1n) is 8.75. The zero-order valence-electron chi connectivity index (χ0n) is 14.7. The van der Waals surface area contributed by atoms with Crippen LogP contribution in [0.5, 0.6) is 0 Å². The number of carboxylic acid groups (broad SMARTS) is 1. The summed E-state index contributed by atoms with van der Waals surface area (Å²) in [5.74, 6) is 1.21. The predicted octanol–water partition coefficient (Wildman–Crippen LogP) is 2.74. The highest BCUT2D eigenvalue weighted by molar-refractivity contribution is 5.88. The number of piperidine rings is 1. The van der Waals surface area contributed by atoms with E-state index < -0.39 is 5.97 Å². The summed E-state index contributed by atoms with van der Waals surface area (Å²) in [6, 6.07) is 3.25. The Labute approximate surface area is 147 Å². The van der Waals surface area contributed by atoms with Crippen LogP contribution in [0.4, 0.5) is 0 Å². The molecule has 0 bridgehead atoms. The SMILES string of the molecule is CC(C)Cc1noc([C@H]2CCCN(Cc3ncccc3C(=O)O)C2)n1. The van der Waals surface area contributed by atoms with Crippen molar-refractivity contribution in [3.63, 3.8) is 0 Å². The molecule has 1 aliphatic rings. The molecular formula is C18H24N4O3. The number of carboxylic acids is 1. The van der Waals surface area contributed by atoms with Crippen LogP contribution in [0.15, 0.2) is 22.9 Å². The summed E-state index contributed by atoms with van der Waals surface area (Å²) < 4.78 is 5.47. The molecule has 134 valence electrons. The lowest BCUT2D eigenvalue weighted by Crippen LogP contribution is -2.34. The van der Waals surface area contributed by atoms with E-state index in [9.17, 15) is 9.90 Å². The molecule has 0 radical (unpaired) electrons. The molecule has 3 rings (SSSR count). The zero-order chi connectivity index (χ0) is 17.8. The average molecular weight is 344 g/mol. The predicted molar refractivity (Wildman–Crippen MR) is 91.3 cm³/mol. The van der Waals surface area contributed by atoms with E-state index in [-0.39, 0.29) is 11.5 Å². The number of aromatic nitrogens is 3. The Hall–Kier alpha value is -2.28. The van der Waals surface area contributed by atoms with Crippen LogP contribution in [0.1, 0.15) is 60.4 Å². The number of rotatable bonds is 6. The second-order valence-electron chi connectivity index (χ2n) is 7.02. The van der Waals surface area contributed by atoms with Crippen molar-refractivity contribution in [2.45, 2.75) is 45.6 Å². The second kappa shape index (κ2) is 7.74. The molecular weight excluding hydrogens is 320 g/mol. The smallest absolute Gasteiger partial charge is 0.337 e. The van der Waals surface area contributed by atoms with Gasteiger partial charge in [0.25, 0.3) is 0 Å². The van der Waals surface area contributed by atoms with Crippen molar-refractivity contribution in [1.82, 2.24) is 20.0 Å². The number of likely N-dealkylation sites (tertiary alicyclic amines) is 1. The molecule has 2 aromatic heterocycles. The van der Waals surface area contributed by atoms with Gasteiger partial charge < -0.3 is 9.63 Å². The third-order valence-electron chi connectivity index (χ3n) is 4.42. The largest absolute Gasteiger partial charge is 0.478 e. The van der Waals surface area contributed by atoms with Gasteiger partial charge in [0.05, 0.1) is 17.2 Å². The topological polar surface area (TPSA) is 92.4 Å². The number of hydrogen-bond acceptors (Lipinski definition) is 6. The molecule has 1 atom stereocenters. The first-order chi connectivity index (χ1) is 12.0. The molecule has 3 heterocycles. The average Bonchev–Trinajstić information content (AvgIpc) is 3.03. The highest BCUT2D eigenvalue weighted by Gasteiger charge is 2.27. The van der Waals surface area contributed by atoms with Crippen molar-refractivity contribution in [2.75, 3.05) is 13.1 Å². The lowest BCUT2D eigenvalue weighted by molar-refractivity contribution is 0.0693. The molecule has 1 N–H and O–H groups in total. The Bertz CT molecular complexity index is 729. The third kappa shape index (κ3) is 4.42. The van der Waals surface area contributed by atoms with Gasteiger partial charge in [-0.1, -0.05) is 19.0 Å². The van der Waals surface area contributed by atoms with Crippen molar-refractivity contribution in [1.29, 1.82) is 0 Å². The van der Waals surface area contributed by atoms with Gasteiger partial charge in [0.1, 0.15) is 0 Å². The molecule has 0 amide bonds. The van der Waals surface area contributed by atoms with Crippen LogP contribution in [-0.4, -0.2) is 44.2 Å². The van der Waals surface area contributed by atoms with Gasteiger partial charge in [0.2, 0.25) is 5.89 Å². The summed E-state index contributed by atoms with van der Waals surface area (Å²) in [6.07, 6.45) is 4.48. The lowest BCUT2D eigenvalue weighted by Gasteiger charge is -2.30. The third-order valence-corrected chi connectivity index (χ3v) is 4.42. The fourth-order valence-corrected chi connectivity index (χ4v) is 3.25.